The van der Waals surface area contributed by atoms with Gasteiger partial charge in [0.15, 0.2) is 0 Å². The van der Waals surface area contributed by atoms with Crippen LogP contribution in [-0.2, 0) is 11.2 Å². The van der Waals surface area contributed by atoms with Crippen molar-refractivity contribution in [2.75, 3.05) is 19.7 Å². The average Bonchev–Trinajstić information content (AvgIpc) is 2.44. The van der Waals surface area contributed by atoms with E-state index in [0.29, 0.717) is 19.5 Å². The second-order valence-electron chi connectivity index (χ2n) is 4.52. The number of benzene rings is 1. The molecule has 0 spiro atoms. The van der Waals surface area contributed by atoms with Crippen LogP contribution in [0.2, 0.25) is 0 Å². The monoisotopic (exact) mass is 264 g/mol. The Morgan fingerprint density at radius 2 is 2.00 bits per heavy atom. The fraction of sp³-hybridized carbons (Fsp3) is 0.533. The van der Waals surface area contributed by atoms with Gasteiger partial charge in [0.2, 0.25) is 5.91 Å². The number of nitrogens with one attached hydrogen (secondary N) is 1. The molecule has 0 aliphatic carbocycles. The first-order valence-corrected chi connectivity index (χ1v) is 6.90. The van der Waals surface area contributed by atoms with E-state index in [4.69, 9.17) is 10.5 Å². The van der Waals surface area contributed by atoms with Crippen LogP contribution >= 0.6 is 0 Å². The van der Waals surface area contributed by atoms with Gasteiger partial charge < -0.3 is 15.8 Å². The number of nitrogens with two attached hydrogens (primary N) is 1. The van der Waals surface area contributed by atoms with Crippen LogP contribution in [0.4, 0.5) is 0 Å². The Morgan fingerprint density at radius 1 is 1.32 bits per heavy atom. The Bertz CT molecular complexity index is 376. The topological polar surface area (TPSA) is 64.3 Å². The second-order valence-corrected chi connectivity index (χ2v) is 4.52. The molecule has 19 heavy (non-hydrogen) atoms. The SMILES string of the molecule is CCCOc1ccc(CC(CN)C(=O)NCC)cc1. The number of hydrogen-bond donors (Lipinski definition) is 2. The van der Waals surface area contributed by atoms with Gasteiger partial charge in [-0.2, -0.15) is 0 Å². The van der Waals surface area contributed by atoms with Crippen LogP contribution < -0.4 is 15.8 Å². The summed E-state index contributed by atoms with van der Waals surface area (Å²) in [6, 6.07) is 7.87. The largest absolute Gasteiger partial charge is 0.494 e. The van der Waals surface area contributed by atoms with Crippen molar-refractivity contribution in [2.45, 2.75) is 26.7 Å². The lowest BCUT2D eigenvalue weighted by Gasteiger charge is -2.14. The van der Waals surface area contributed by atoms with Crippen molar-refractivity contribution in [3.63, 3.8) is 0 Å². The molecule has 0 aromatic heterocycles. The van der Waals surface area contributed by atoms with Crippen molar-refractivity contribution in [1.29, 1.82) is 0 Å². The fourth-order valence-corrected chi connectivity index (χ4v) is 1.83. The molecular formula is C15H24N2O2. The van der Waals surface area contributed by atoms with Crippen LogP contribution in [0, 0.1) is 5.92 Å². The minimum atomic E-state index is -0.164. The van der Waals surface area contributed by atoms with E-state index in [9.17, 15) is 4.79 Å². The number of amides is 1. The Balaban J connectivity index is 2.57. The fourth-order valence-electron chi connectivity index (χ4n) is 1.83. The Labute approximate surface area is 115 Å². The van der Waals surface area contributed by atoms with Gasteiger partial charge in [0.1, 0.15) is 5.75 Å². The summed E-state index contributed by atoms with van der Waals surface area (Å²) in [4.78, 5) is 11.8. The molecule has 0 aliphatic heterocycles. The van der Waals surface area contributed by atoms with E-state index in [1.807, 2.05) is 31.2 Å². The second kappa shape index (κ2) is 8.53. The summed E-state index contributed by atoms with van der Waals surface area (Å²) in [5, 5.41) is 2.81. The summed E-state index contributed by atoms with van der Waals surface area (Å²) in [5.74, 6) is 0.728. The molecule has 4 heteroatoms. The van der Waals surface area contributed by atoms with E-state index in [1.54, 1.807) is 0 Å². The molecule has 0 bridgehead atoms. The smallest absolute Gasteiger partial charge is 0.224 e. The van der Waals surface area contributed by atoms with Gasteiger partial charge in [-0.15, -0.1) is 0 Å². The molecule has 106 valence electrons. The third-order valence-corrected chi connectivity index (χ3v) is 2.88. The van der Waals surface area contributed by atoms with Crippen LogP contribution in [0.3, 0.4) is 0 Å². The summed E-state index contributed by atoms with van der Waals surface area (Å²) < 4.78 is 5.52. The lowest BCUT2D eigenvalue weighted by molar-refractivity contribution is -0.124. The molecule has 1 atom stereocenters. The van der Waals surface area contributed by atoms with Gasteiger partial charge in [-0.3, -0.25) is 4.79 Å². The maximum atomic E-state index is 11.8. The highest BCUT2D eigenvalue weighted by Crippen LogP contribution is 2.15. The predicted octanol–water partition coefficient (Wildman–Crippen LogP) is 1.73. The zero-order valence-electron chi connectivity index (χ0n) is 11.8. The Morgan fingerprint density at radius 3 is 2.53 bits per heavy atom. The number of carbonyl (C=O) groups is 1. The number of ether oxygens (including phenoxy) is 1. The molecular weight excluding hydrogens is 240 g/mol. The predicted molar refractivity (Wildman–Crippen MR) is 77.2 cm³/mol. The molecule has 0 saturated heterocycles. The molecule has 0 radical (unpaired) electrons. The van der Waals surface area contributed by atoms with Crippen molar-refractivity contribution in [2.24, 2.45) is 11.7 Å². The third-order valence-electron chi connectivity index (χ3n) is 2.88. The molecule has 3 N–H and O–H groups in total. The quantitative estimate of drug-likeness (QED) is 0.751. The molecule has 4 nitrogen and oxygen atoms in total. The Kier molecular flexibility index (Phi) is 6.97. The molecule has 1 aromatic rings. The van der Waals surface area contributed by atoms with Gasteiger partial charge in [-0.05, 0) is 37.5 Å². The molecule has 0 saturated carbocycles. The summed E-state index contributed by atoms with van der Waals surface area (Å²) in [6.45, 7) is 5.71. The number of carbonyl (C=O) groups excluding carboxylic acids is 1. The van der Waals surface area contributed by atoms with Gasteiger partial charge in [-0.1, -0.05) is 19.1 Å². The van der Waals surface area contributed by atoms with Gasteiger partial charge in [0.05, 0.1) is 12.5 Å². The highest BCUT2D eigenvalue weighted by Gasteiger charge is 2.16. The molecule has 1 amide bonds. The molecule has 1 aromatic carbocycles. The number of rotatable bonds is 8. The normalized spacial score (nSPS) is 11.9. The summed E-state index contributed by atoms with van der Waals surface area (Å²) in [5.41, 5.74) is 6.76. The van der Waals surface area contributed by atoms with Crippen LogP contribution in [0.5, 0.6) is 5.75 Å². The average molecular weight is 264 g/mol. The van der Waals surface area contributed by atoms with Crippen LogP contribution in [0.15, 0.2) is 24.3 Å². The summed E-state index contributed by atoms with van der Waals surface area (Å²) in [6.07, 6.45) is 1.66. The molecule has 1 rings (SSSR count). The van der Waals surface area contributed by atoms with Crippen molar-refractivity contribution in [3.05, 3.63) is 29.8 Å². The minimum Gasteiger partial charge on any atom is -0.494 e. The lowest BCUT2D eigenvalue weighted by Crippen LogP contribution is -2.36. The maximum absolute atomic E-state index is 11.8. The minimum absolute atomic E-state index is 0.0244. The van der Waals surface area contributed by atoms with Gasteiger partial charge in [-0.25, -0.2) is 0 Å². The third kappa shape index (κ3) is 5.30. The van der Waals surface area contributed by atoms with Crippen LogP contribution in [-0.4, -0.2) is 25.6 Å². The van der Waals surface area contributed by atoms with Crippen LogP contribution in [0.25, 0.3) is 0 Å². The van der Waals surface area contributed by atoms with Gasteiger partial charge in [0.25, 0.3) is 0 Å². The van der Waals surface area contributed by atoms with E-state index in [2.05, 4.69) is 12.2 Å². The van der Waals surface area contributed by atoms with Crippen molar-refractivity contribution in [3.8, 4) is 5.75 Å². The first kappa shape index (κ1) is 15.5. The van der Waals surface area contributed by atoms with Crippen LogP contribution in [0.1, 0.15) is 25.8 Å². The first-order valence-electron chi connectivity index (χ1n) is 6.90. The highest BCUT2D eigenvalue weighted by molar-refractivity contribution is 5.79. The zero-order chi connectivity index (χ0) is 14.1. The van der Waals surface area contributed by atoms with E-state index < -0.39 is 0 Å². The summed E-state index contributed by atoms with van der Waals surface area (Å²) in [7, 11) is 0. The van der Waals surface area contributed by atoms with Crippen molar-refractivity contribution < 1.29 is 9.53 Å². The Hall–Kier alpha value is -1.55. The van der Waals surface area contributed by atoms with E-state index in [-0.39, 0.29) is 11.8 Å². The molecule has 1 unspecified atom stereocenters. The van der Waals surface area contributed by atoms with Gasteiger partial charge in [0, 0.05) is 13.1 Å². The standard InChI is InChI=1S/C15H24N2O2/c1-3-9-19-14-7-5-12(6-8-14)10-13(11-16)15(18)17-4-2/h5-8,13H,3-4,9-11,16H2,1-2H3,(H,17,18). The molecule has 0 fully saturated rings. The molecule has 0 heterocycles. The maximum Gasteiger partial charge on any atom is 0.224 e. The van der Waals surface area contributed by atoms with E-state index in [0.717, 1.165) is 24.3 Å². The highest BCUT2D eigenvalue weighted by atomic mass is 16.5. The first-order chi connectivity index (χ1) is 9.21. The van der Waals surface area contributed by atoms with Gasteiger partial charge >= 0.3 is 0 Å². The zero-order valence-corrected chi connectivity index (χ0v) is 11.8. The number of hydrogen-bond acceptors (Lipinski definition) is 3. The lowest BCUT2D eigenvalue weighted by atomic mass is 9.98. The van der Waals surface area contributed by atoms with Crippen molar-refractivity contribution in [1.82, 2.24) is 5.32 Å². The van der Waals surface area contributed by atoms with E-state index >= 15 is 0 Å². The van der Waals surface area contributed by atoms with Crippen molar-refractivity contribution >= 4 is 5.91 Å². The molecule has 0 aliphatic rings. The van der Waals surface area contributed by atoms with E-state index in [1.165, 1.54) is 0 Å². The summed E-state index contributed by atoms with van der Waals surface area (Å²) >= 11 is 0.